The second-order valence-electron chi connectivity index (χ2n) is 12.8. The third-order valence-electron chi connectivity index (χ3n) is 6.95. The van der Waals surface area contributed by atoms with Crippen molar-refractivity contribution in [2.45, 2.75) is 54.4 Å². The van der Waals surface area contributed by atoms with Gasteiger partial charge in [-0.2, -0.15) is 5.10 Å². The third kappa shape index (κ3) is 10.2. The Labute approximate surface area is 276 Å². The predicted molar refractivity (Wildman–Crippen MR) is 184 cm³/mol. The Morgan fingerprint density at radius 3 is 1.41 bits per heavy atom. The molecule has 0 aromatic heterocycles. The van der Waals surface area contributed by atoms with Crippen LogP contribution < -0.4 is 13.8 Å². The van der Waals surface area contributed by atoms with E-state index in [0.717, 1.165) is 5.56 Å². The number of rotatable bonds is 14. The molecule has 0 aliphatic heterocycles. The molecule has 9 nitrogen and oxygen atoms in total. The normalized spacial score (nSPS) is 12.0. The molecule has 0 fully saturated rings. The van der Waals surface area contributed by atoms with Crippen LogP contribution in [0.2, 0.25) is 0 Å². The van der Waals surface area contributed by atoms with E-state index in [2.05, 4.69) is 5.10 Å². The number of methoxy groups -OCH3 is 1. The molecule has 0 radical (unpaired) electrons. The summed E-state index contributed by atoms with van der Waals surface area (Å²) in [4.78, 5) is 50.2. The van der Waals surface area contributed by atoms with E-state index in [4.69, 9.17) is 25.6 Å². The molecule has 0 spiro atoms. The number of ether oxygens (including phenoxy) is 1. The summed E-state index contributed by atoms with van der Waals surface area (Å²) in [7, 11) is 3.22. The van der Waals surface area contributed by atoms with Crippen LogP contribution >= 0.6 is 6.64 Å². The largest absolute Gasteiger partial charge is 0.497 e. The van der Waals surface area contributed by atoms with Crippen LogP contribution in [0.15, 0.2) is 77.9 Å². The summed E-state index contributed by atoms with van der Waals surface area (Å²) < 4.78 is 19.1. The average Bonchev–Trinajstić information content (AvgIpc) is 2.99. The van der Waals surface area contributed by atoms with Crippen LogP contribution in [0, 0.1) is 10.8 Å². The van der Waals surface area contributed by atoms with Gasteiger partial charge in [0.15, 0.2) is 11.6 Å². The second kappa shape index (κ2) is 15.0. The average molecular weight is 665 g/mol. The number of nitrogens with zero attached hydrogens (tertiary/aromatic N) is 2. The molecular formula is C35H41N2O7PS. The first kappa shape index (κ1) is 36.3. The summed E-state index contributed by atoms with van der Waals surface area (Å²) in [5.41, 5.74) is 0.295. The highest BCUT2D eigenvalue weighted by molar-refractivity contribution is 8.09. The van der Waals surface area contributed by atoms with E-state index in [1.165, 1.54) is 4.78 Å². The van der Waals surface area contributed by atoms with Crippen LogP contribution in [-0.4, -0.2) is 48.3 Å². The lowest BCUT2D eigenvalue weighted by molar-refractivity contribution is -0.126. The maximum Gasteiger partial charge on any atom is 0.410 e. The van der Waals surface area contributed by atoms with E-state index in [-0.39, 0.29) is 36.0 Å². The van der Waals surface area contributed by atoms with Gasteiger partial charge in [0.1, 0.15) is 28.8 Å². The van der Waals surface area contributed by atoms with E-state index in [1.807, 2.05) is 12.1 Å². The van der Waals surface area contributed by atoms with Gasteiger partial charge >= 0.3 is 6.64 Å². The molecule has 0 aliphatic rings. The zero-order valence-electron chi connectivity index (χ0n) is 27.5. The molecular weight excluding hydrogens is 623 g/mol. The topological polar surface area (TPSA) is 112 Å². The van der Waals surface area contributed by atoms with Crippen LogP contribution in [0.5, 0.6) is 17.2 Å². The third-order valence-corrected chi connectivity index (χ3v) is 9.81. The van der Waals surface area contributed by atoms with Gasteiger partial charge < -0.3 is 13.8 Å². The first-order chi connectivity index (χ1) is 21.4. The van der Waals surface area contributed by atoms with E-state index in [0.29, 0.717) is 28.4 Å². The molecule has 3 aromatic carbocycles. The maximum atomic E-state index is 12.7. The molecule has 0 amide bonds. The van der Waals surface area contributed by atoms with E-state index >= 15 is 0 Å². The van der Waals surface area contributed by atoms with Gasteiger partial charge in [0, 0.05) is 40.8 Å². The van der Waals surface area contributed by atoms with Gasteiger partial charge in [-0.15, -0.1) is 0 Å². The van der Waals surface area contributed by atoms with Crippen molar-refractivity contribution in [2.75, 3.05) is 14.2 Å². The SMILES string of the molecule is COc1ccc(/C=N/N(C)P(=S)(Oc2ccc(C(=O)CC(=O)C(C)(C)C)cc2)Oc2ccc(C(=O)CC(=O)C(C)(C)C)cc2)cc1. The number of hydrogen-bond donors (Lipinski definition) is 0. The molecule has 11 heteroatoms. The standard InChI is InChI=1S/C35H41N2O7PS/c1-34(2,3)32(40)21-30(38)25-11-17-28(18-12-25)43-45(46,37(7)36-23-24-9-15-27(42-8)16-10-24)44-29-19-13-26(14-20-29)31(39)22-33(41)35(4,5)6/h9-20,23H,21-22H2,1-8H3/b36-23+. The maximum absolute atomic E-state index is 12.7. The van der Waals surface area contributed by atoms with Crippen LogP contribution in [-0.2, 0) is 21.4 Å². The van der Waals surface area contributed by atoms with E-state index < -0.39 is 17.5 Å². The highest BCUT2D eigenvalue weighted by Crippen LogP contribution is 2.51. The molecule has 244 valence electrons. The van der Waals surface area contributed by atoms with E-state index in [9.17, 15) is 19.2 Å². The fourth-order valence-corrected chi connectivity index (χ4v) is 5.61. The molecule has 0 saturated carbocycles. The Morgan fingerprint density at radius 2 is 1.07 bits per heavy atom. The molecule has 0 aliphatic carbocycles. The van der Waals surface area contributed by atoms with Gasteiger partial charge in [-0.25, -0.2) is 4.78 Å². The molecule has 3 rings (SSSR count). The van der Waals surface area contributed by atoms with Crippen LogP contribution in [0.1, 0.15) is 80.7 Å². The van der Waals surface area contributed by atoms with Crippen molar-refractivity contribution >= 4 is 47.8 Å². The highest BCUT2D eigenvalue weighted by atomic mass is 32.5. The first-order valence-corrected chi connectivity index (χ1v) is 17.2. The number of carbonyl (C=O) groups excluding carboxylic acids is 4. The fraction of sp³-hybridized carbons (Fsp3) is 0.343. The summed E-state index contributed by atoms with van der Waals surface area (Å²) >= 11 is 5.94. The fourth-order valence-electron chi connectivity index (χ4n) is 3.74. The molecule has 0 bridgehead atoms. The summed E-state index contributed by atoms with van der Waals surface area (Å²) in [6.45, 7) is 7.26. The summed E-state index contributed by atoms with van der Waals surface area (Å²) in [6, 6.07) is 20.0. The second-order valence-corrected chi connectivity index (χ2v) is 16.0. The van der Waals surface area contributed by atoms with Gasteiger partial charge in [-0.1, -0.05) is 41.5 Å². The number of hydrazone groups is 1. The Kier molecular flexibility index (Phi) is 11.8. The van der Waals surface area contributed by atoms with Crippen LogP contribution in [0.25, 0.3) is 0 Å². The van der Waals surface area contributed by atoms with E-state index in [1.54, 1.807) is 123 Å². The minimum Gasteiger partial charge on any atom is -0.497 e. The lowest BCUT2D eigenvalue weighted by atomic mass is 9.87. The van der Waals surface area contributed by atoms with Crippen molar-refractivity contribution in [3.05, 3.63) is 89.5 Å². The zero-order valence-corrected chi connectivity index (χ0v) is 29.2. The summed E-state index contributed by atoms with van der Waals surface area (Å²) in [5, 5.41) is 4.50. The van der Waals surface area contributed by atoms with Gasteiger partial charge in [0.25, 0.3) is 0 Å². The Morgan fingerprint density at radius 1 is 0.696 bits per heavy atom. The van der Waals surface area contributed by atoms with Crippen LogP contribution in [0.4, 0.5) is 0 Å². The molecule has 0 unspecified atom stereocenters. The molecule has 0 N–H and O–H groups in total. The smallest absolute Gasteiger partial charge is 0.410 e. The minimum absolute atomic E-state index is 0.147. The van der Waals surface area contributed by atoms with Crippen molar-refractivity contribution in [1.82, 2.24) is 4.78 Å². The van der Waals surface area contributed by atoms with Gasteiger partial charge in [0.2, 0.25) is 0 Å². The lowest BCUT2D eigenvalue weighted by Crippen LogP contribution is -2.23. The lowest BCUT2D eigenvalue weighted by Gasteiger charge is -2.29. The monoisotopic (exact) mass is 664 g/mol. The summed E-state index contributed by atoms with van der Waals surface area (Å²) in [6.07, 6.45) is 1.21. The Hall–Kier alpha value is -4.14. The molecule has 3 aromatic rings. The molecule has 0 atom stereocenters. The van der Waals surface area contributed by atoms with Crippen molar-refractivity contribution in [3.63, 3.8) is 0 Å². The first-order valence-electron chi connectivity index (χ1n) is 14.7. The van der Waals surface area contributed by atoms with Gasteiger partial charge in [-0.05, 0) is 78.4 Å². The van der Waals surface area contributed by atoms with Crippen molar-refractivity contribution in [2.24, 2.45) is 15.9 Å². The Bertz CT molecular complexity index is 1550. The molecule has 46 heavy (non-hydrogen) atoms. The predicted octanol–water partition coefficient (Wildman–Crippen LogP) is 7.72. The van der Waals surface area contributed by atoms with Gasteiger partial charge in [-0.3, -0.25) is 19.2 Å². The number of benzene rings is 3. The Balaban J connectivity index is 1.85. The molecule has 0 heterocycles. The number of Topliss-reactive ketones (excluding diaryl/α,β-unsaturated/α-hetero) is 4. The molecule has 0 saturated heterocycles. The van der Waals surface area contributed by atoms with Crippen molar-refractivity contribution < 1.29 is 33.0 Å². The number of hydrogen-bond acceptors (Lipinski definition) is 9. The minimum atomic E-state index is -3.41. The highest BCUT2D eigenvalue weighted by Gasteiger charge is 2.30. The zero-order chi connectivity index (χ0) is 34.3. The van der Waals surface area contributed by atoms with Crippen molar-refractivity contribution in [1.29, 1.82) is 0 Å². The number of carbonyl (C=O) groups is 4. The van der Waals surface area contributed by atoms with Crippen LogP contribution in [0.3, 0.4) is 0 Å². The quantitative estimate of drug-likeness (QED) is 0.0562. The van der Waals surface area contributed by atoms with Gasteiger partial charge in [0.05, 0.1) is 26.2 Å². The summed E-state index contributed by atoms with van der Waals surface area (Å²) in [5.74, 6) is 0.501. The number of ketones is 4. The van der Waals surface area contributed by atoms with Crippen molar-refractivity contribution in [3.8, 4) is 17.2 Å².